The van der Waals surface area contributed by atoms with Gasteiger partial charge in [0.05, 0.1) is 5.75 Å². The van der Waals surface area contributed by atoms with Gasteiger partial charge in [0.25, 0.3) is 5.89 Å². The van der Waals surface area contributed by atoms with E-state index in [1.54, 1.807) is 11.8 Å². The van der Waals surface area contributed by atoms with Gasteiger partial charge >= 0.3 is 0 Å². The Bertz CT molecular complexity index is 287. The lowest BCUT2D eigenvalue weighted by molar-refractivity contribution is -0.155. The van der Waals surface area contributed by atoms with Crippen molar-refractivity contribution in [3.8, 4) is 0 Å². The molecule has 0 aliphatic heterocycles. The highest BCUT2D eigenvalue weighted by molar-refractivity contribution is 7.98. The van der Waals surface area contributed by atoms with Crippen LogP contribution in [0.4, 0.5) is 0 Å². The highest BCUT2D eigenvalue weighted by Crippen LogP contribution is 2.18. The average molecular weight is 246 g/mol. The van der Waals surface area contributed by atoms with Gasteiger partial charge in [0.15, 0.2) is 5.82 Å². The molecule has 0 saturated heterocycles. The first-order valence-electron chi connectivity index (χ1n) is 5.45. The maximum Gasteiger partial charge on any atom is 0.283 e. The first kappa shape index (κ1) is 13.5. The molecule has 5 nitrogen and oxygen atoms in total. The molecule has 0 amide bonds. The van der Waals surface area contributed by atoms with Gasteiger partial charge in [-0.25, -0.2) is 0 Å². The highest BCUT2D eigenvalue weighted by Gasteiger charge is 2.19. The van der Waals surface area contributed by atoms with Crippen molar-refractivity contribution in [3.63, 3.8) is 0 Å². The van der Waals surface area contributed by atoms with Crippen molar-refractivity contribution < 1.29 is 14.0 Å². The first-order valence-corrected chi connectivity index (χ1v) is 6.60. The molecular formula is C10H18N2O3S. The van der Waals surface area contributed by atoms with E-state index >= 15 is 0 Å². The molecule has 16 heavy (non-hydrogen) atoms. The average Bonchev–Trinajstić information content (AvgIpc) is 2.74. The molecule has 92 valence electrons. The second kappa shape index (κ2) is 7.65. The fourth-order valence-corrected chi connectivity index (χ4v) is 1.61. The third-order valence-corrected chi connectivity index (χ3v) is 2.63. The van der Waals surface area contributed by atoms with Crippen molar-refractivity contribution in [1.82, 2.24) is 10.1 Å². The van der Waals surface area contributed by atoms with Gasteiger partial charge in [-0.3, -0.25) is 0 Å². The molecule has 1 rings (SSSR count). The number of thioether (sulfide) groups is 1. The second-order valence-corrected chi connectivity index (χ2v) is 4.20. The fraction of sp³-hybridized carbons (Fsp3) is 0.800. The van der Waals surface area contributed by atoms with E-state index < -0.39 is 6.29 Å². The Morgan fingerprint density at radius 3 is 2.50 bits per heavy atom. The quantitative estimate of drug-likeness (QED) is 0.656. The van der Waals surface area contributed by atoms with Crippen molar-refractivity contribution in [1.29, 1.82) is 0 Å². The Labute approximate surface area is 99.9 Å². The summed E-state index contributed by atoms with van der Waals surface area (Å²) in [5.74, 6) is 2.87. The third kappa shape index (κ3) is 4.11. The van der Waals surface area contributed by atoms with Crippen molar-refractivity contribution in [3.05, 3.63) is 11.7 Å². The van der Waals surface area contributed by atoms with Crippen LogP contribution in [-0.2, 0) is 15.2 Å². The zero-order valence-corrected chi connectivity index (χ0v) is 10.7. The Kier molecular flexibility index (Phi) is 6.44. The van der Waals surface area contributed by atoms with Gasteiger partial charge in [-0.2, -0.15) is 16.7 Å². The molecule has 0 bridgehead atoms. The van der Waals surface area contributed by atoms with Crippen LogP contribution in [0, 0.1) is 0 Å². The van der Waals surface area contributed by atoms with E-state index in [1.807, 2.05) is 13.8 Å². The van der Waals surface area contributed by atoms with Crippen LogP contribution in [0.3, 0.4) is 0 Å². The topological polar surface area (TPSA) is 57.4 Å². The fourth-order valence-electron chi connectivity index (χ4n) is 1.11. The Balaban J connectivity index is 2.58. The molecule has 0 fully saturated rings. The number of rotatable bonds is 8. The first-order chi connectivity index (χ1) is 7.81. The molecule has 0 unspecified atom stereocenters. The second-order valence-electron chi connectivity index (χ2n) is 2.93. The summed E-state index contributed by atoms with van der Waals surface area (Å²) >= 11 is 1.75. The largest absolute Gasteiger partial charge is 0.345 e. The predicted octanol–water partition coefficient (Wildman–Crippen LogP) is 2.39. The third-order valence-electron chi connectivity index (χ3n) is 1.76. The van der Waals surface area contributed by atoms with Gasteiger partial charge in [0, 0.05) is 13.2 Å². The Morgan fingerprint density at radius 1 is 1.25 bits per heavy atom. The lowest BCUT2D eigenvalue weighted by Gasteiger charge is -2.11. The minimum Gasteiger partial charge on any atom is -0.345 e. The summed E-state index contributed by atoms with van der Waals surface area (Å²) in [7, 11) is 0. The summed E-state index contributed by atoms with van der Waals surface area (Å²) < 4.78 is 15.8. The molecular weight excluding hydrogens is 228 g/mol. The smallest absolute Gasteiger partial charge is 0.283 e. The van der Waals surface area contributed by atoms with E-state index in [1.165, 1.54) is 0 Å². The predicted molar refractivity (Wildman–Crippen MR) is 62.1 cm³/mol. The molecule has 0 aliphatic carbocycles. The minimum atomic E-state index is -0.539. The van der Waals surface area contributed by atoms with Crippen LogP contribution in [0.15, 0.2) is 4.52 Å². The summed E-state index contributed by atoms with van der Waals surface area (Å²) in [6.45, 7) is 6.99. The SMILES string of the molecule is CCOC(OCC)c1nc(CSCC)no1. The van der Waals surface area contributed by atoms with Crippen molar-refractivity contribution in [2.45, 2.75) is 32.8 Å². The minimum absolute atomic E-state index is 0.399. The number of aromatic nitrogens is 2. The van der Waals surface area contributed by atoms with Crippen LogP contribution < -0.4 is 0 Å². The molecule has 0 spiro atoms. The maximum atomic E-state index is 5.36. The lowest BCUT2D eigenvalue weighted by atomic mass is 10.6. The zero-order chi connectivity index (χ0) is 11.8. The van der Waals surface area contributed by atoms with E-state index in [9.17, 15) is 0 Å². The lowest BCUT2D eigenvalue weighted by Crippen LogP contribution is -2.09. The maximum absolute atomic E-state index is 5.36. The summed E-state index contributed by atoms with van der Waals surface area (Å²) in [5, 5.41) is 3.87. The molecule has 0 radical (unpaired) electrons. The van der Waals surface area contributed by atoms with Crippen LogP contribution >= 0.6 is 11.8 Å². The molecule has 0 aliphatic rings. The number of hydrogen-bond acceptors (Lipinski definition) is 6. The monoisotopic (exact) mass is 246 g/mol. The molecule has 0 saturated carbocycles. The highest BCUT2D eigenvalue weighted by atomic mass is 32.2. The molecule has 6 heteroatoms. The number of ether oxygens (including phenoxy) is 2. The van der Waals surface area contributed by atoms with Crippen molar-refractivity contribution in [2.24, 2.45) is 0 Å². The van der Waals surface area contributed by atoms with E-state index in [0.29, 0.717) is 24.9 Å². The van der Waals surface area contributed by atoms with Crippen LogP contribution in [-0.4, -0.2) is 29.1 Å². The number of nitrogens with zero attached hydrogens (tertiary/aromatic N) is 2. The molecule has 1 aromatic rings. The van der Waals surface area contributed by atoms with Gasteiger partial charge in [-0.05, 0) is 19.6 Å². The standard InChI is InChI=1S/C10H18N2O3S/c1-4-13-10(14-5-2)9-11-8(12-15-9)7-16-6-3/h10H,4-7H2,1-3H3. The van der Waals surface area contributed by atoms with E-state index in [4.69, 9.17) is 14.0 Å². The summed E-state index contributed by atoms with van der Waals surface area (Å²) in [5.41, 5.74) is 0. The molecule has 1 heterocycles. The molecule has 1 aromatic heterocycles. The zero-order valence-electron chi connectivity index (χ0n) is 9.93. The van der Waals surface area contributed by atoms with Gasteiger partial charge in [0.1, 0.15) is 0 Å². The molecule has 0 atom stereocenters. The molecule has 0 aromatic carbocycles. The van der Waals surface area contributed by atoms with Crippen LogP contribution in [0.2, 0.25) is 0 Å². The van der Waals surface area contributed by atoms with Gasteiger partial charge in [-0.15, -0.1) is 0 Å². The van der Waals surface area contributed by atoms with Crippen LogP contribution in [0.25, 0.3) is 0 Å². The van der Waals surface area contributed by atoms with Gasteiger partial charge in [0.2, 0.25) is 6.29 Å². The van der Waals surface area contributed by atoms with E-state index in [2.05, 4.69) is 17.1 Å². The molecule has 0 N–H and O–H groups in total. The normalized spacial score (nSPS) is 11.2. The van der Waals surface area contributed by atoms with E-state index in [-0.39, 0.29) is 0 Å². The van der Waals surface area contributed by atoms with Crippen molar-refractivity contribution >= 4 is 11.8 Å². The van der Waals surface area contributed by atoms with Crippen LogP contribution in [0.5, 0.6) is 0 Å². The van der Waals surface area contributed by atoms with Crippen LogP contribution in [0.1, 0.15) is 38.8 Å². The van der Waals surface area contributed by atoms with Gasteiger partial charge < -0.3 is 14.0 Å². The summed E-state index contributed by atoms with van der Waals surface area (Å²) in [4.78, 5) is 4.24. The Morgan fingerprint density at radius 2 is 1.94 bits per heavy atom. The summed E-state index contributed by atoms with van der Waals surface area (Å²) in [6.07, 6.45) is -0.539. The van der Waals surface area contributed by atoms with Gasteiger partial charge in [-0.1, -0.05) is 12.1 Å². The van der Waals surface area contributed by atoms with Crippen molar-refractivity contribution in [2.75, 3.05) is 19.0 Å². The number of hydrogen-bond donors (Lipinski definition) is 0. The Hall–Kier alpha value is -0.590. The van der Waals surface area contributed by atoms with E-state index in [0.717, 1.165) is 11.5 Å². The summed E-state index contributed by atoms with van der Waals surface area (Å²) in [6, 6.07) is 0.